The Morgan fingerprint density at radius 2 is 1.59 bits per heavy atom. The third-order valence-corrected chi connectivity index (χ3v) is 4.59. The highest BCUT2D eigenvalue weighted by Crippen LogP contribution is 2.42. The van der Waals surface area contributed by atoms with Crippen LogP contribution in [0.4, 0.5) is 0 Å². The van der Waals surface area contributed by atoms with Crippen molar-refractivity contribution in [2.75, 3.05) is 0 Å². The molecule has 1 N–H and O–H groups in total. The molecular formula is C18H22N3O+. The standard InChI is InChI=1S/C18H22N3O/c1-17(2,13-19)18(14-20,15-9-5-3-6-10-15)21(22)16-11-7-4-8-12-16/h3,5-6,9-10,22H,4,7-8,11-12H2,1-2H3/q+1. The fraction of sp³-hybridized carbons (Fsp3) is 0.500. The number of hydrogen-bond donors (Lipinski definition) is 1. The van der Waals surface area contributed by atoms with E-state index in [1.54, 1.807) is 26.0 Å². The lowest BCUT2D eigenvalue weighted by molar-refractivity contribution is -0.833. The molecule has 0 radical (unpaired) electrons. The van der Waals surface area contributed by atoms with Gasteiger partial charge in [-0.25, -0.2) is 0 Å². The van der Waals surface area contributed by atoms with Crippen LogP contribution in [0.15, 0.2) is 30.3 Å². The van der Waals surface area contributed by atoms with Crippen LogP contribution in [0.5, 0.6) is 0 Å². The van der Waals surface area contributed by atoms with Crippen molar-refractivity contribution in [2.24, 2.45) is 5.41 Å². The molecule has 1 fully saturated rings. The molecule has 0 saturated heterocycles. The van der Waals surface area contributed by atoms with E-state index in [0.29, 0.717) is 5.56 Å². The topological polar surface area (TPSA) is 70.8 Å². The minimum Gasteiger partial charge on any atom is -0.289 e. The van der Waals surface area contributed by atoms with Gasteiger partial charge in [0.1, 0.15) is 5.41 Å². The van der Waals surface area contributed by atoms with Crippen LogP contribution in [0.25, 0.3) is 0 Å². The molecule has 0 amide bonds. The lowest BCUT2D eigenvalue weighted by Crippen LogP contribution is -2.50. The van der Waals surface area contributed by atoms with Crippen molar-refractivity contribution >= 4 is 5.71 Å². The van der Waals surface area contributed by atoms with Gasteiger partial charge in [-0.2, -0.15) is 10.5 Å². The number of hydrogen-bond acceptors (Lipinski definition) is 3. The average Bonchev–Trinajstić information content (AvgIpc) is 2.57. The zero-order chi connectivity index (χ0) is 16.2. The molecule has 1 aliphatic rings. The Balaban J connectivity index is 2.71. The highest BCUT2D eigenvalue weighted by atomic mass is 16.5. The van der Waals surface area contributed by atoms with Crippen molar-refractivity contribution in [1.29, 1.82) is 10.5 Å². The summed E-state index contributed by atoms with van der Waals surface area (Å²) < 4.78 is 1.09. The third kappa shape index (κ3) is 2.46. The second-order valence-corrected chi connectivity index (χ2v) is 6.36. The molecule has 114 valence electrons. The average molecular weight is 296 g/mol. The Kier molecular flexibility index (Phi) is 4.52. The van der Waals surface area contributed by atoms with E-state index in [2.05, 4.69) is 12.1 Å². The molecule has 1 saturated carbocycles. The van der Waals surface area contributed by atoms with Gasteiger partial charge in [-0.3, -0.25) is 5.21 Å². The molecule has 0 aromatic heterocycles. The summed E-state index contributed by atoms with van der Waals surface area (Å²) in [5, 5.41) is 30.5. The molecule has 0 heterocycles. The van der Waals surface area contributed by atoms with Crippen LogP contribution in [0, 0.1) is 28.1 Å². The first-order chi connectivity index (χ1) is 10.5. The molecule has 1 unspecified atom stereocenters. The Hall–Kier alpha value is -2.33. The van der Waals surface area contributed by atoms with Gasteiger partial charge < -0.3 is 0 Å². The molecule has 22 heavy (non-hydrogen) atoms. The van der Waals surface area contributed by atoms with Gasteiger partial charge in [-0.05, 0) is 31.4 Å². The quantitative estimate of drug-likeness (QED) is 0.524. The fourth-order valence-electron chi connectivity index (χ4n) is 3.17. The highest BCUT2D eigenvalue weighted by molar-refractivity contribution is 5.80. The first kappa shape index (κ1) is 16.0. The van der Waals surface area contributed by atoms with E-state index in [1.165, 1.54) is 0 Å². The van der Waals surface area contributed by atoms with Crippen molar-refractivity contribution in [2.45, 2.75) is 51.5 Å². The summed E-state index contributed by atoms with van der Waals surface area (Å²) in [6, 6.07) is 13.6. The third-order valence-electron chi connectivity index (χ3n) is 4.59. The first-order valence-corrected chi connectivity index (χ1v) is 7.71. The van der Waals surface area contributed by atoms with Crippen LogP contribution >= 0.6 is 0 Å². The molecule has 0 bridgehead atoms. The second-order valence-electron chi connectivity index (χ2n) is 6.36. The number of hydroxylamine groups is 1. The van der Waals surface area contributed by atoms with E-state index >= 15 is 0 Å². The zero-order valence-electron chi connectivity index (χ0n) is 13.2. The summed E-state index contributed by atoms with van der Waals surface area (Å²) in [6.45, 7) is 3.41. The molecule has 1 aromatic carbocycles. The van der Waals surface area contributed by atoms with Gasteiger partial charge in [0.05, 0.1) is 6.07 Å². The number of nitrogens with zero attached hydrogens (tertiary/aromatic N) is 3. The van der Waals surface area contributed by atoms with E-state index in [1.807, 2.05) is 18.2 Å². The normalized spacial score (nSPS) is 17.9. The predicted molar refractivity (Wildman–Crippen MR) is 83.3 cm³/mol. The highest BCUT2D eigenvalue weighted by Gasteiger charge is 2.60. The smallest absolute Gasteiger partial charge is 0.289 e. The maximum absolute atomic E-state index is 10.9. The van der Waals surface area contributed by atoms with E-state index in [9.17, 15) is 15.7 Å². The maximum atomic E-state index is 10.9. The van der Waals surface area contributed by atoms with Crippen molar-refractivity contribution in [1.82, 2.24) is 0 Å². The summed E-state index contributed by atoms with van der Waals surface area (Å²) in [4.78, 5) is 0. The molecule has 1 aromatic rings. The fourth-order valence-corrected chi connectivity index (χ4v) is 3.17. The molecule has 0 spiro atoms. The van der Waals surface area contributed by atoms with Crippen LogP contribution < -0.4 is 0 Å². The van der Waals surface area contributed by atoms with Crippen molar-refractivity contribution in [3.05, 3.63) is 35.9 Å². The molecule has 4 heteroatoms. The van der Waals surface area contributed by atoms with Gasteiger partial charge in [0, 0.05) is 18.4 Å². The Morgan fingerprint density at radius 1 is 1.00 bits per heavy atom. The van der Waals surface area contributed by atoms with Crippen molar-refractivity contribution < 1.29 is 9.95 Å². The summed E-state index contributed by atoms with van der Waals surface area (Å²) >= 11 is 0. The molecule has 4 nitrogen and oxygen atoms in total. The number of benzene rings is 1. The van der Waals surface area contributed by atoms with Crippen molar-refractivity contribution in [3.8, 4) is 12.1 Å². The SMILES string of the molecule is CC(C)(C#N)C(C#N)(c1ccccc1)[N+](O)=C1CCCCC1. The van der Waals surface area contributed by atoms with E-state index in [-0.39, 0.29) is 0 Å². The molecule has 0 aliphatic heterocycles. The maximum Gasteiger partial charge on any atom is 0.337 e. The minimum atomic E-state index is -1.41. The molecule has 1 aliphatic carbocycles. The Bertz CT molecular complexity index is 641. The minimum absolute atomic E-state index is 0.643. The van der Waals surface area contributed by atoms with Crippen LogP contribution in [0.1, 0.15) is 51.5 Å². The van der Waals surface area contributed by atoms with Gasteiger partial charge >= 0.3 is 5.54 Å². The molecule has 2 rings (SSSR count). The predicted octanol–water partition coefficient (Wildman–Crippen LogP) is 3.76. The van der Waals surface area contributed by atoms with E-state index < -0.39 is 11.0 Å². The Morgan fingerprint density at radius 3 is 2.09 bits per heavy atom. The summed E-state index contributed by atoms with van der Waals surface area (Å²) in [7, 11) is 0. The van der Waals surface area contributed by atoms with Gasteiger partial charge in [0.25, 0.3) is 0 Å². The number of rotatable bonds is 3. The van der Waals surface area contributed by atoms with E-state index in [0.717, 1.165) is 42.6 Å². The first-order valence-electron chi connectivity index (χ1n) is 7.71. The molecular weight excluding hydrogens is 274 g/mol. The van der Waals surface area contributed by atoms with Gasteiger partial charge in [-0.1, -0.05) is 36.8 Å². The lowest BCUT2D eigenvalue weighted by Gasteiger charge is -2.31. The van der Waals surface area contributed by atoms with Gasteiger partial charge in [0.2, 0.25) is 5.71 Å². The number of nitriles is 2. The largest absolute Gasteiger partial charge is 0.337 e. The summed E-state index contributed by atoms with van der Waals surface area (Å²) in [5.74, 6) is 0. The van der Waals surface area contributed by atoms with Crippen LogP contribution in [-0.4, -0.2) is 15.7 Å². The van der Waals surface area contributed by atoms with E-state index in [4.69, 9.17) is 0 Å². The van der Waals surface area contributed by atoms with Crippen LogP contribution in [0.3, 0.4) is 0 Å². The monoisotopic (exact) mass is 296 g/mol. The second kappa shape index (κ2) is 6.20. The van der Waals surface area contributed by atoms with Crippen molar-refractivity contribution in [3.63, 3.8) is 0 Å². The van der Waals surface area contributed by atoms with Gasteiger partial charge in [0.15, 0.2) is 6.07 Å². The van der Waals surface area contributed by atoms with Gasteiger partial charge in [-0.15, -0.1) is 0 Å². The zero-order valence-corrected chi connectivity index (χ0v) is 13.2. The Labute approximate surface area is 131 Å². The summed E-state index contributed by atoms with van der Waals surface area (Å²) in [6.07, 6.45) is 4.71. The van der Waals surface area contributed by atoms with Crippen LogP contribution in [0.2, 0.25) is 0 Å². The van der Waals surface area contributed by atoms with Crippen LogP contribution in [-0.2, 0) is 5.54 Å². The molecule has 1 atom stereocenters. The summed E-state index contributed by atoms with van der Waals surface area (Å²) in [5.41, 5.74) is -0.984. The lowest BCUT2D eigenvalue weighted by atomic mass is 9.69.